The molecular formula is C74H79ClF3N16O11S+. The van der Waals surface area contributed by atoms with E-state index < -0.39 is 90.5 Å². The number of rotatable bonds is 25. The molecule has 0 aliphatic heterocycles. The highest BCUT2D eigenvalue weighted by molar-refractivity contribution is 7.21. The van der Waals surface area contributed by atoms with Crippen LogP contribution in [0.3, 0.4) is 0 Å². The first kappa shape index (κ1) is 70.8. The van der Waals surface area contributed by atoms with E-state index >= 15 is 0 Å². The molecule has 32 heteroatoms. The molecule has 554 valence electrons. The number of nitrogens with zero attached hydrogens (tertiary/aromatic N) is 10. The second-order valence-corrected chi connectivity index (χ2v) is 30.2. The molecule has 6 aliphatic carbocycles. The van der Waals surface area contributed by atoms with Crippen LogP contribution in [0.25, 0.3) is 65.9 Å². The minimum Gasteiger partial charge on any atom is -0.479 e. The highest BCUT2D eigenvalue weighted by Crippen LogP contribution is 2.63. The predicted octanol–water partition coefficient (Wildman–Crippen LogP) is 9.61. The Balaban J connectivity index is 0.656. The number of fused-ring (bicyclic) bond motifs is 2. The first-order valence-corrected chi connectivity index (χ1v) is 36.8. The van der Waals surface area contributed by atoms with Crippen molar-refractivity contribution >= 4 is 68.5 Å². The van der Waals surface area contributed by atoms with Crippen LogP contribution in [-0.2, 0) is 0 Å². The molecule has 106 heavy (non-hydrogen) atoms. The molecule has 0 bridgehead atoms. The zero-order chi connectivity index (χ0) is 73.6. The zero-order valence-corrected chi connectivity index (χ0v) is 59.4. The number of nitrogens with one attached hydrogen (secondary N) is 6. The Kier molecular flexibility index (Phi) is 18.7. The SMILES string of the molecule is Cc1nc(NCC(F)(F)F)nc(NC2(O)CCC(CO)C2O[n+]2ccc3sc(-c4c(C)nc(NC5CCCC5c5ccc(Cl)cc5)nc4NC4CC(CO)C(O)C4O)nc3c2)c1-c1cc(-c2ccc(OC34C(O)C3CCC4(O)Nc3nc(NCC4CC4)nc(C)c3-c3cc(-c4ccccc4)no3)cc2)no1. The summed E-state index contributed by atoms with van der Waals surface area (Å²) < 4.78 is 62.1. The van der Waals surface area contributed by atoms with Crippen LogP contribution in [0.15, 0.2) is 119 Å². The maximum atomic E-state index is 13.8. The van der Waals surface area contributed by atoms with Gasteiger partial charge in [-0.1, -0.05) is 70.8 Å². The Bertz CT molecular complexity index is 4890. The first-order valence-electron chi connectivity index (χ1n) is 35.6. The number of anilines is 6. The van der Waals surface area contributed by atoms with Crippen molar-refractivity contribution in [3.8, 4) is 61.5 Å². The third-order valence-electron chi connectivity index (χ3n) is 21.6. The number of aliphatic hydroxyl groups excluding tert-OH is 5. The molecule has 0 saturated heterocycles. The molecule has 0 radical (unpaired) electrons. The molecule has 27 nitrogen and oxygen atoms in total. The van der Waals surface area contributed by atoms with Crippen molar-refractivity contribution in [2.75, 3.05) is 58.2 Å². The largest absolute Gasteiger partial charge is 0.479 e. The summed E-state index contributed by atoms with van der Waals surface area (Å²) in [5.74, 6) is 0.455. The Hall–Kier alpha value is -9.44. The Morgan fingerprint density at radius 1 is 0.660 bits per heavy atom. The van der Waals surface area contributed by atoms with Crippen LogP contribution >= 0.6 is 22.9 Å². The average Bonchev–Trinajstić information content (AvgIpc) is 1.50. The predicted molar refractivity (Wildman–Crippen MR) is 386 cm³/mol. The fraction of sp³-hybridized carbons (Fsp3) is 0.432. The third kappa shape index (κ3) is 13.7. The molecule has 0 amide bonds. The van der Waals surface area contributed by atoms with E-state index in [-0.39, 0.29) is 72.9 Å². The Labute approximate surface area is 614 Å². The molecule has 6 saturated carbocycles. The van der Waals surface area contributed by atoms with Gasteiger partial charge in [0.25, 0.3) is 0 Å². The molecule has 6 aliphatic rings. The number of alkyl halides is 3. The van der Waals surface area contributed by atoms with Crippen LogP contribution in [0.1, 0.15) is 92.8 Å². The van der Waals surface area contributed by atoms with Crippen molar-refractivity contribution in [1.29, 1.82) is 0 Å². The van der Waals surface area contributed by atoms with Crippen molar-refractivity contribution in [3.05, 3.63) is 137 Å². The van der Waals surface area contributed by atoms with Crippen LogP contribution in [-0.4, -0.2) is 167 Å². The van der Waals surface area contributed by atoms with Crippen molar-refractivity contribution in [3.63, 3.8) is 0 Å². The summed E-state index contributed by atoms with van der Waals surface area (Å²) in [6, 6.07) is 28.6. The van der Waals surface area contributed by atoms with Gasteiger partial charge in [0.2, 0.25) is 36.3 Å². The van der Waals surface area contributed by atoms with Crippen molar-refractivity contribution in [2.24, 2.45) is 23.7 Å². The van der Waals surface area contributed by atoms with Crippen LogP contribution in [0.4, 0.5) is 48.5 Å². The van der Waals surface area contributed by atoms with Crippen LogP contribution < -0.4 is 46.2 Å². The van der Waals surface area contributed by atoms with Crippen LogP contribution in [0, 0.1) is 44.4 Å². The lowest BCUT2D eigenvalue weighted by Crippen LogP contribution is -2.60. The number of aryl methyl sites for hydroxylation is 3. The number of aliphatic hydroxyl groups is 7. The molecule has 7 heterocycles. The third-order valence-corrected chi connectivity index (χ3v) is 22.9. The number of thiazole rings is 1. The number of hydrogen-bond donors (Lipinski definition) is 13. The second-order valence-electron chi connectivity index (χ2n) is 28.8. The van der Waals surface area contributed by atoms with Gasteiger partial charge in [0.05, 0.1) is 50.6 Å². The van der Waals surface area contributed by atoms with E-state index in [0.29, 0.717) is 108 Å². The van der Waals surface area contributed by atoms with E-state index in [2.05, 4.69) is 52.2 Å². The number of ether oxygens (including phenoxy) is 1. The topological polar surface area (TPSA) is 378 Å². The fourth-order valence-electron chi connectivity index (χ4n) is 15.8. The molecule has 13 unspecified atom stereocenters. The highest BCUT2D eigenvalue weighted by Gasteiger charge is 2.81. The van der Waals surface area contributed by atoms with Crippen molar-refractivity contribution in [1.82, 2.24) is 45.2 Å². The Morgan fingerprint density at radius 2 is 1.31 bits per heavy atom. The van der Waals surface area contributed by atoms with E-state index in [9.17, 15) is 48.9 Å². The minimum atomic E-state index is -4.66. The van der Waals surface area contributed by atoms with E-state index in [1.807, 2.05) is 68.4 Å². The molecule has 6 fully saturated rings. The fourth-order valence-corrected chi connectivity index (χ4v) is 17.0. The number of benzene rings is 3. The summed E-state index contributed by atoms with van der Waals surface area (Å²) in [6.45, 7) is 3.65. The van der Waals surface area contributed by atoms with Gasteiger partial charge in [-0.15, -0.1) is 11.3 Å². The molecule has 16 rings (SSSR count). The molecule has 10 aromatic rings. The minimum absolute atomic E-state index is 0.00433. The molecule has 3 aromatic carbocycles. The lowest BCUT2D eigenvalue weighted by atomic mass is 9.94. The van der Waals surface area contributed by atoms with Gasteiger partial charge in [0, 0.05) is 88.6 Å². The van der Waals surface area contributed by atoms with Gasteiger partial charge >= 0.3 is 6.18 Å². The van der Waals surface area contributed by atoms with Crippen molar-refractivity contribution in [2.45, 2.75) is 151 Å². The smallest absolute Gasteiger partial charge is 0.405 e. The summed E-state index contributed by atoms with van der Waals surface area (Å²) in [7, 11) is 0. The summed E-state index contributed by atoms with van der Waals surface area (Å²) in [5.41, 5.74) is 0.845. The van der Waals surface area contributed by atoms with Crippen LogP contribution in [0.5, 0.6) is 5.75 Å². The quantitative estimate of drug-likeness (QED) is 0.0187. The maximum Gasteiger partial charge on any atom is 0.405 e. The van der Waals surface area contributed by atoms with E-state index in [4.69, 9.17) is 55.1 Å². The van der Waals surface area contributed by atoms with Gasteiger partial charge in [-0.25, -0.2) is 19.9 Å². The van der Waals surface area contributed by atoms with Gasteiger partial charge in [0.1, 0.15) is 58.4 Å². The van der Waals surface area contributed by atoms with E-state index in [1.165, 1.54) is 16.1 Å². The van der Waals surface area contributed by atoms with E-state index in [0.717, 1.165) is 43.2 Å². The number of halogens is 4. The van der Waals surface area contributed by atoms with E-state index in [1.54, 1.807) is 61.8 Å². The molecule has 0 spiro atoms. The molecule has 13 N–H and O–H groups in total. The normalized spacial score (nSPS) is 26.8. The number of hydrogen-bond acceptors (Lipinski definition) is 27. The summed E-state index contributed by atoms with van der Waals surface area (Å²) in [4.78, 5) is 40.2. The number of pyridine rings is 1. The summed E-state index contributed by atoms with van der Waals surface area (Å²) >= 11 is 7.59. The summed E-state index contributed by atoms with van der Waals surface area (Å²) in [6.07, 6.45) is -0.0598. The van der Waals surface area contributed by atoms with Gasteiger partial charge in [-0.2, -0.15) is 28.1 Å². The zero-order valence-electron chi connectivity index (χ0n) is 57.8. The van der Waals surface area contributed by atoms with Crippen molar-refractivity contribution < 1.29 is 72.3 Å². The molecular weight excluding hydrogens is 1410 g/mol. The average molecular weight is 1490 g/mol. The lowest BCUT2D eigenvalue weighted by molar-refractivity contribution is -0.901. The first-order chi connectivity index (χ1) is 51.0. The monoisotopic (exact) mass is 1490 g/mol. The second kappa shape index (κ2) is 28.0. The van der Waals surface area contributed by atoms with Gasteiger partial charge in [-0.05, 0) is 126 Å². The van der Waals surface area contributed by atoms with Gasteiger partial charge in [0.15, 0.2) is 34.1 Å². The van der Waals surface area contributed by atoms with Gasteiger partial charge in [-0.3, -0.25) is 4.84 Å². The summed E-state index contributed by atoms with van der Waals surface area (Å²) in [5, 5.41) is 109. The number of aromatic nitrogens is 10. The molecule has 7 aromatic heterocycles. The van der Waals surface area contributed by atoms with Crippen LogP contribution in [0.2, 0.25) is 5.02 Å². The highest BCUT2D eigenvalue weighted by atomic mass is 35.5. The van der Waals surface area contributed by atoms with Gasteiger partial charge < -0.3 is 81.4 Å². The maximum absolute atomic E-state index is 13.8. The lowest BCUT2D eigenvalue weighted by Gasteiger charge is -2.36. The Morgan fingerprint density at radius 3 is 1.97 bits per heavy atom. The molecule has 13 atom stereocenters. The standard InChI is InChI=1S/C74H79ClF3N16O11S/c1-36-57(54-30-51(93-103-54)42-16-20-46(21-17-42)102-74-48(62(74)99)23-26-72(74,101)91-66-58(37(2)81-68(89-66)79-31-39-12-13-39)55-29-50(92-104-55)41-8-5-4-6-9-41)65(88-69(82-36)80-35-73(76,77)78)90-71(100)25-22-43(33-95)63(71)105-94-27-24-56-53(32-94)85-67(106-56)59-38(3)83-70(87-64(59)84-52-28-44(34-96)60(97)61(52)98)86-49-11-7-10-47(49)40-14-18-45(75)19-15-40/h4-6,8-9,14-21,24,27,29-30,32,39,43-44,47-49,52,60-63,95-101H,7,10-13,22-23,25-26,28,31,33-35H2,1-3H3,(H2,79,81,89,91)(H2,80,82,88,90)(H2,83,84,86,87)/q+1.